The van der Waals surface area contributed by atoms with Crippen molar-refractivity contribution in [2.24, 2.45) is 5.73 Å². The van der Waals surface area contributed by atoms with E-state index >= 15 is 0 Å². The summed E-state index contributed by atoms with van der Waals surface area (Å²) in [5, 5.41) is 18.7. The van der Waals surface area contributed by atoms with E-state index < -0.39 is 5.97 Å². The minimum Gasteiger partial charge on any atom is -0.508 e. The first-order chi connectivity index (χ1) is 8.27. The number of aryl methyl sites for hydroxylation is 1. The van der Waals surface area contributed by atoms with E-state index in [1.807, 2.05) is 20.8 Å². The lowest BCUT2D eigenvalue weighted by atomic mass is 9.80. The molecule has 0 spiro atoms. The van der Waals surface area contributed by atoms with Crippen LogP contribution in [0.5, 0.6) is 5.75 Å². The van der Waals surface area contributed by atoms with Gasteiger partial charge >= 0.3 is 5.97 Å². The third kappa shape index (κ3) is 3.23. The van der Waals surface area contributed by atoms with Crippen molar-refractivity contribution in [1.29, 1.82) is 0 Å². The highest BCUT2D eigenvalue weighted by atomic mass is 16.4. The Labute approximate surface area is 107 Å². The van der Waals surface area contributed by atoms with Gasteiger partial charge in [-0.3, -0.25) is 4.79 Å². The Bertz CT molecular complexity index is 447. The summed E-state index contributed by atoms with van der Waals surface area (Å²) in [5.74, 6) is -0.606. The fourth-order valence-electron chi connectivity index (χ4n) is 2.22. The largest absolute Gasteiger partial charge is 0.508 e. The molecule has 18 heavy (non-hydrogen) atoms. The van der Waals surface area contributed by atoms with E-state index in [0.29, 0.717) is 13.0 Å². The second-order valence-electron chi connectivity index (χ2n) is 5.45. The van der Waals surface area contributed by atoms with E-state index in [1.165, 1.54) is 0 Å². The van der Waals surface area contributed by atoms with Crippen LogP contribution in [0.4, 0.5) is 0 Å². The molecule has 0 bridgehead atoms. The van der Waals surface area contributed by atoms with Gasteiger partial charge in [0.2, 0.25) is 0 Å². The molecular formula is C14H21NO3. The molecule has 0 atom stereocenters. The Kier molecular flexibility index (Phi) is 4.35. The molecule has 0 radical (unpaired) electrons. The monoisotopic (exact) mass is 251 g/mol. The summed E-state index contributed by atoms with van der Waals surface area (Å²) in [7, 11) is 0. The molecule has 0 aromatic heterocycles. The number of nitrogens with two attached hydrogens (primary N) is 1. The Hall–Kier alpha value is -1.55. The lowest BCUT2D eigenvalue weighted by Crippen LogP contribution is -2.18. The standard InChI is InChI=1S/C14H21NO3/c1-14(2,3)13-10(8-15)9(4-6-11(13)16)5-7-12(17)18/h4,6,16H,5,7-8,15H2,1-3H3,(H,17,18). The summed E-state index contributed by atoms with van der Waals surface area (Å²) >= 11 is 0. The predicted molar refractivity (Wildman–Crippen MR) is 70.7 cm³/mol. The molecule has 100 valence electrons. The Morgan fingerprint density at radius 2 is 1.94 bits per heavy atom. The minimum atomic E-state index is -0.830. The topological polar surface area (TPSA) is 83.5 Å². The van der Waals surface area contributed by atoms with Gasteiger partial charge in [-0.15, -0.1) is 0 Å². The maximum absolute atomic E-state index is 10.6. The molecule has 0 aliphatic heterocycles. The number of aromatic hydroxyl groups is 1. The first-order valence-electron chi connectivity index (χ1n) is 6.03. The van der Waals surface area contributed by atoms with Gasteiger partial charge in [0.25, 0.3) is 0 Å². The maximum atomic E-state index is 10.6. The molecule has 0 unspecified atom stereocenters. The maximum Gasteiger partial charge on any atom is 0.303 e. The molecule has 0 heterocycles. The molecule has 0 fully saturated rings. The highest BCUT2D eigenvalue weighted by Gasteiger charge is 2.23. The molecule has 4 heteroatoms. The zero-order valence-corrected chi connectivity index (χ0v) is 11.2. The van der Waals surface area contributed by atoms with Crippen LogP contribution in [0.3, 0.4) is 0 Å². The molecule has 0 aliphatic rings. The summed E-state index contributed by atoms with van der Waals surface area (Å²) in [4.78, 5) is 10.6. The number of benzene rings is 1. The van der Waals surface area contributed by atoms with Crippen molar-refractivity contribution in [3.05, 3.63) is 28.8 Å². The fourth-order valence-corrected chi connectivity index (χ4v) is 2.22. The van der Waals surface area contributed by atoms with Gasteiger partial charge in [-0.2, -0.15) is 0 Å². The Balaban J connectivity index is 3.25. The Morgan fingerprint density at radius 1 is 1.33 bits per heavy atom. The van der Waals surface area contributed by atoms with E-state index in [9.17, 15) is 9.90 Å². The van der Waals surface area contributed by atoms with Crippen molar-refractivity contribution in [2.45, 2.75) is 45.6 Å². The van der Waals surface area contributed by atoms with Crippen molar-refractivity contribution in [2.75, 3.05) is 0 Å². The average Bonchev–Trinajstić information content (AvgIpc) is 2.24. The molecule has 0 saturated carbocycles. The number of rotatable bonds is 4. The van der Waals surface area contributed by atoms with E-state index in [1.54, 1.807) is 12.1 Å². The van der Waals surface area contributed by atoms with Gasteiger partial charge < -0.3 is 15.9 Å². The lowest BCUT2D eigenvalue weighted by Gasteiger charge is -2.25. The molecular weight excluding hydrogens is 230 g/mol. The van der Waals surface area contributed by atoms with Gasteiger partial charge in [0, 0.05) is 18.5 Å². The number of phenolic OH excluding ortho intramolecular Hbond substituents is 1. The number of hydrogen-bond donors (Lipinski definition) is 3. The lowest BCUT2D eigenvalue weighted by molar-refractivity contribution is -0.136. The van der Waals surface area contributed by atoms with E-state index in [-0.39, 0.29) is 17.6 Å². The van der Waals surface area contributed by atoms with E-state index in [0.717, 1.165) is 16.7 Å². The third-order valence-corrected chi connectivity index (χ3v) is 2.95. The zero-order valence-electron chi connectivity index (χ0n) is 11.2. The summed E-state index contributed by atoms with van der Waals surface area (Å²) in [6.45, 7) is 6.31. The van der Waals surface area contributed by atoms with Crippen molar-refractivity contribution in [3.63, 3.8) is 0 Å². The SMILES string of the molecule is CC(C)(C)c1c(O)ccc(CCC(=O)O)c1CN. The van der Waals surface area contributed by atoms with Crippen molar-refractivity contribution in [1.82, 2.24) is 0 Å². The smallest absolute Gasteiger partial charge is 0.303 e. The minimum absolute atomic E-state index is 0.0708. The average molecular weight is 251 g/mol. The zero-order chi connectivity index (χ0) is 13.9. The van der Waals surface area contributed by atoms with Crippen molar-refractivity contribution < 1.29 is 15.0 Å². The van der Waals surface area contributed by atoms with Crippen LogP contribution in [0, 0.1) is 0 Å². The first-order valence-corrected chi connectivity index (χ1v) is 6.03. The highest BCUT2D eigenvalue weighted by Crippen LogP contribution is 2.35. The number of carboxylic acids is 1. The van der Waals surface area contributed by atoms with Crippen LogP contribution in [0.15, 0.2) is 12.1 Å². The number of phenols is 1. The van der Waals surface area contributed by atoms with Gasteiger partial charge in [0.1, 0.15) is 5.75 Å². The number of carbonyl (C=O) groups is 1. The Morgan fingerprint density at radius 3 is 2.39 bits per heavy atom. The first kappa shape index (κ1) is 14.5. The van der Waals surface area contributed by atoms with Crippen molar-refractivity contribution in [3.8, 4) is 5.75 Å². The van der Waals surface area contributed by atoms with Gasteiger partial charge in [0.15, 0.2) is 0 Å². The molecule has 1 aromatic carbocycles. The van der Waals surface area contributed by atoms with Gasteiger partial charge in [-0.1, -0.05) is 26.8 Å². The van der Waals surface area contributed by atoms with E-state index in [4.69, 9.17) is 10.8 Å². The quantitative estimate of drug-likeness (QED) is 0.765. The molecule has 0 aliphatic carbocycles. The molecule has 0 amide bonds. The molecule has 4 N–H and O–H groups in total. The normalized spacial score (nSPS) is 11.6. The fraction of sp³-hybridized carbons (Fsp3) is 0.500. The van der Waals surface area contributed by atoms with Crippen LogP contribution in [0.25, 0.3) is 0 Å². The summed E-state index contributed by atoms with van der Waals surface area (Å²) in [6.07, 6.45) is 0.507. The second-order valence-corrected chi connectivity index (χ2v) is 5.45. The number of aliphatic carboxylic acids is 1. The van der Waals surface area contributed by atoms with Gasteiger partial charge in [-0.25, -0.2) is 0 Å². The molecule has 1 rings (SSSR count). The van der Waals surface area contributed by atoms with Gasteiger partial charge in [0.05, 0.1) is 0 Å². The third-order valence-electron chi connectivity index (χ3n) is 2.95. The van der Waals surface area contributed by atoms with Crippen molar-refractivity contribution >= 4 is 5.97 Å². The van der Waals surface area contributed by atoms with Crippen LogP contribution < -0.4 is 5.73 Å². The molecule has 0 saturated heterocycles. The van der Waals surface area contributed by atoms with E-state index in [2.05, 4.69) is 0 Å². The van der Waals surface area contributed by atoms with Crippen LogP contribution in [0.2, 0.25) is 0 Å². The predicted octanol–water partition coefficient (Wildman–Crippen LogP) is 2.17. The molecule has 4 nitrogen and oxygen atoms in total. The van der Waals surface area contributed by atoms with Crippen LogP contribution in [-0.4, -0.2) is 16.2 Å². The second kappa shape index (κ2) is 5.40. The summed E-state index contributed by atoms with van der Waals surface area (Å²) in [5.41, 5.74) is 8.12. The summed E-state index contributed by atoms with van der Waals surface area (Å²) < 4.78 is 0. The number of carboxylic acid groups (broad SMARTS) is 1. The number of hydrogen-bond acceptors (Lipinski definition) is 3. The van der Waals surface area contributed by atoms with Crippen LogP contribution >= 0.6 is 0 Å². The van der Waals surface area contributed by atoms with Crippen LogP contribution in [-0.2, 0) is 23.2 Å². The highest BCUT2D eigenvalue weighted by molar-refractivity contribution is 5.67. The molecule has 1 aromatic rings. The summed E-state index contributed by atoms with van der Waals surface area (Å²) in [6, 6.07) is 3.38. The van der Waals surface area contributed by atoms with Gasteiger partial charge in [-0.05, 0) is 29.0 Å². The van der Waals surface area contributed by atoms with Crippen LogP contribution in [0.1, 0.15) is 43.9 Å².